The van der Waals surface area contributed by atoms with E-state index in [2.05, 4.69) is 5.10 Å². The van der Waals surface area contributed by atoms with Crippen molar-refractivity contribution < 1.29 is 9.90 Å². The van der Waals surface area contributed by atoms with E-state index in [0.717, 1.165) is 37.9 Å². The second-order valence-electron chi connectivity index (χ2n) is 4.93. The quantitative estimate of drug-likeness (QED) is 0.834. The Morgan fingerprint density at radius 3 is 3.05 bits per heavy atom. The van der Waals surface area contributed by atoms with Gasteiger partial charge in [0, 0.05) is 25.9 Å². The number of amides is 1. The molecule has 1 aromatic rings. The fraction of sp³-hybridized carbons (Fsp3) is 0.571. The van der Waals surface area contributed by atoms with E-state index in [-0.39, 0.29) is 18.6 Å². The van der Waals surface area contributed by atoms with Gasteiger partial charge in [-0.2, -0.15) is 5.10 Å². The molecular formula is C14H21N3O2. The smallest absolute Gasteiger partial charge is 0.246 e. The van der Waals surface area contributed by atoms with Gasteiger partial charge in [-0.15, -0.1) is 0 Å². The first kappa shape index (κ1) is 13.8. The molecule has 5 heteroatoms. The highest BCUT2D eigenvalue weighted by molar-refractivity contribution is 5.91. The molecule has 19 heavy (non-hydrogen) atoms. The summed E-state index contributed by atoms with van der Waals surface area (Å²) in [6, 6.07) is 1.82. The van der Waals surface area contributed by atoms with E-state index in [1.165, 1.54) is 0 Å². The van der Waals surface area contributed by atoms with Crippen molar-refractivity contribution >= 4 is 12.0 Å². The standard InChI is InChI=1S/C14H21N3O2/c1-16-12(8-9-15-16)6-7-14(19)17-10-4-2-3-5-13(17)11-18/h6-9,13,18H,2-5,10-11H2,1H3/b7-6+. The first-order chi connectivity index (χ1) is 9.22. The Balaban J connectivity index is 2.05. The summed E-state index contributed by atoms with van der Waals surface area (Å²) in [5.41, 5.74) is 0.892. The van der Waals surface area contributed by atoms with Gasteiger partial charge in [-0.25, -0.2) is 0 Å². The zero-order valence-corrected chi connectivity index (χ0v) is 11.3. The van der Waals surface area contributed by atoms with Crippen molar-refractivity contribution in [3.8, 4) is 0 Å². The average molecular weight is 263 g/mol. The van der Waals surface area contributed by atoms with E-state index >= 15 is 0 Å². The molecule has 2 rings (SSSR count). The van der Waals surface area contributed by atoms with Gasteiger partial charge in [-0.3, -0.25) is 9.48 Å². The number of aryl methyl sites for hydroxylation is 1. The molecule has 1 aliphatic heterocycles. The van der Waals surface area contributed by atoms with Crippen LogP contribution < -0.4 is 0 Å². The maximum absolute atomic E-state index is 12.2. The Labute approximate surface area is 113 Å². The van der Waals surface area contributed by atoms with Gasteiger partial charge >= 0.3 is 0 Å². The molecule has 1 atom stereocenters. The number of aliphatic hydroxyl groups is 1. The van der Waals surface area contributed by atoms with Crippen molar-refractivity contribution in [3.63, 3.8) is 0 Å². The Hall–Kier alpha value is -1.62. The second kappa shape index (κ2) is 6.52. The summed E-state index contributed by atoms with van der Waals surface area (Å²) in [4.78, 5) is 14.0. The Morgan fingerprint density at radius 2 is 2.37 bits per heavy atom. The van der Waals surface area contributed by atoms with Gasteiger partial charge in [0.1, 0.15) is 0 Å². The predicted molar refractivity (Wildman–Crippen MR) is 73.3 cm³/mol. The number of likely N-dealkylation sites (tertiary alicyclic amines) is 1. The van der Waals surface area contributed by atoms with E-state index < -0.39 is 0 Å². The van der Waals surface area contributed by atoms with Crippen LogP contribution in [0.25, 0.3) is 6.08 Å². The minimum atomic E-state index is -0.0359. The van der Waals surface area contributed by atoms with Crippen LogP contribution in [0.15, 0.2) is 18.3 Å². The lowest BCUT2D eigenvalue weighted by atomic mass is 10.1. The van der Waals surface area contributed by atoms with Gasteiger partial charge in [-0.1, -0.05) is 12.8 Å². The number of aliphatic hydroxyl groups excluding tert-OH is 1. The second-order valence-corrected chi connectivity index (χ2v) is 4.93. The number of carbonyl (C=O) groups excluding carboxylic acids is 1. The molecule has 1 amide bonds. The highest BCUT2D eigenvalue weighted by Crippen LogP contribution is 2.17. The Kier molecular flexibility index (Phi) is 4.74. The van der Waals surface area contributed by atoms with E-state index in [1.807, 2.05) is 13.1 Å². The molecule has 0 spiro atoms. The predicted octanol–water partition coefficient (Wildman–Crippen LogP) is 1.20. The van der Waals surface area contributed by atoms with Gasteiger partial charge < -0.3 is 10.0 Å². The van der Waals surface area contributed by atoms with Crippen molar-refractivity contribution in [3.05, 3.63) is 24.0 Å². The molecule has 0 aromatic carbocycles. The number of carbonyl (C=O) groups is 1. The van der Waals surface area contributed by atoms with E-state index in [9.17, 15) is 9.90 Å². The van der Waals surface area contributed by atoms with Crippen LogP contribution in [-0.4, -0.2) is 44.9 Å². The van der Waals surface area contributed by atoms with Crippen LogP contribution >= 0.6 is 0 Å². The summed E-state index contributed by atoms with van der Waals surface area (Å²) in [5.74, 6) is -0.0258. The fourth-order valence-corrected chi connectivity index (χ4v) is 2.46. The van der Waals surface area contributed by atoms with Crippen LogP contribution in [0.5, 0.6) is 0 Å². The van der Waals surface area contributed by atoms with Crippen molar-refractivity contribution in [2.45, 2.75) is 31.7 Å². The third-order valence-corrected chi connectivity index (χ3v) is 3.63. The molecule has 1 N–H and O–H groups in total. The molecule has 1 aromatic heterocycles. The normalized spacial score (nSPS) is 20.7. The molecule has 1 unspecified atom stereocenters. The van der Waals surface area contributed by atoms with Crippen LogP contribution in [-0.2, 0) is 11.8 Å². The van der Waals surface area contributed by atoms with Gasteiger partial charge in [0.2, 0.25) is 5.91 Å². The zero-order chi connectivity index (χ0) is 13.7. The Bertz CT molecular complexity index is 453. The van der Waals surface area contributed by atoms with E-state index in [1.54, 1.807) is 27.9 Å². The maximum atomic E-state index is 12.2. The van der Waals surface area contributed by atoms with Gasteiger partial charge in [0.15, 0.2) is 0 Å². The van der Waals surface area contributed by atoms with Crippen molar-refractivity contribution in [1.82, 2.24) is 14.7 Å². The minimum Gasteiger partial charge on any atom is -0.394 e. The number of rotatable bonds is 3. The number of aromatic nitrogens is 2. The first-order valence-corrected chi connectivity index (χ1v) is 6.80. The minimum absolute atomic E-state index is 0.0258. The summed E-state index contributed by atoms with van der Waals surface area (Å²) < 4.78 is 1.72. The molecule has 5 nitrogen and oxygen atoms in total. The summed E-state index contributed by atoms with van der Waals surface area (Å²) in [5, 5.41) is 13.5. The summed E-state index contributed by atoms with van der Waals surface area (Å²) >= 11 is 0. The average Bonchev–Trinajstić information content (AvgIpc) is 2.68. The number of hydrogen-bond acceptors (Lipinski definition) is 3. The third-order valence-electron chi connectivity index (χ3n) is 3.63. The summed E-state index contributed by atoms with van der Waals surface area (Å²) in [7, 11) is 1.84. The van der Waals surface area contributed by atoms with Crippen molar-refractivity contribution in [2.75, 3.05) is 13.2 Å². The summed E-state index contributed by atoms with van der Waals surface area (Å²) in [6.45, 7) is 0.783. The lowest BCUT2D eigenvalue weighted by Crippen LogP contribution is -2.41. The molecule has 0 radical (unpaired) electrons. The molecule has 1 aliphatic rings. The highest BCUT2D eigenvalue weighted by Gasteiger charge is 2.23. The molecule has 104 valence electrons. The number of hydrogen-bond donors (Lipinski definition) is 1. The van der Waals surface area contributed by atoms with Crippen LogP contribution in [0.3, 0.4) is 0 Å². The van der Waals surface area contributed by atoms with Gasteiger partial charge in [-0.05, 0) is 25.0 Å². The van der Waals surface area contributed by atoms with Gasteiger partial charge in [0.25, 0.3) is 0 Å². The molecule has 0 bridgehead atoms. The lowest BCUT2D eigenvalue weighted by molar-refractivity contribution is -0.129. The lowest BCUT2D eigenvalue weighted by Gasteiger charge is -2.27. The number of nitrogens with zero attached hydrogens (tertiary/aromatic N) is 3. The molecule has 0 saturated carbocycles. The van der Waals surface area contributed by atoms with Crippen LogP contribution in [0.1, 0.15) is 31.4 Å². The Morgan fingerprint density at radius 1 is 1.53 bits per heavy atom. The summed E-state index contributed by atoms with van der Waals surface area (Å²) in [6.07, 6.45) is 9.17. The van der Waals surface area contributed by atoms with E-state index in [4.69, 9.17) is 0 Å². The SMILES string of the molecule is Cn1nccc1/C=C/C(=O)N1CCCCCC1CO. The molecule has 2 heterocycles. The van der Waals surface area contributed by atoms with Gasteiger partial charge in [0.05, 0.1) is 18.3 Å². The topological polar surface area (TPSA) is 58.4 Å². The monoisotopic (exact) mass is 263 g/mol. The third kappa shape index (κ3) is 3.44. The molecular weight excluding hydrogens is 242 g/mol. The molecule has 0 aliphatic carbocycles. The largest absolute Gasteiger partial charge is 0.394 e. The van der Waals surface area contributed by atoms with E-state index in [0.29, 0.717) is 0 Å². The van der Waals surface area contributed by atoms with Crippen LogP contribution in [0.4, 0.5) is 0 Å². The highest BCUT2D eigenvalue weighted by atomic mass is 16.3. The molecule has 1 fully saturated rings. The maximum Gasteiger partial charge on any atom is 0.246 e. The van der Waals surface area contributed by atoms with Crippen molar-refractivity contribution in [2.24, 2.45) is 7.05 Å². The zero-order valence-electron chi connectivity index (χ0n) is 11.3. The van der Waals surface area contributed by atoms with Crippen molar-refractivity contribution in [1.29, 1.82) is 0 Å². The fourth-order valence-electron chi connectivity index (χ4n) is 2.46. The molecule has 1 saturated heterocycles. The van der Waals surface area contributed by atoms with Crippen LogP contribution in [0.2, 0.25) is 0 Å². The first-order valence-electron chi connectivity index (χ1n) is 6.80. The van der Waals surface area contributed by atoms with Crippen LogP contribution in [0, 0.1) is 0 Å².